The van der Waals surface area contributed by atoms with Crippen LogP contribution in [0.25, 0.3) is 0 Å². The fourth-order valence-corrected chi connectivity index (χ4v) is 4.57. The van der Waals surface area contributed by atoms with Gasteiger partial charge in [-0.15, -0.1) is 0 Å². The summed E-state index contributed by atoms with van der Waals surface area (Å²) in [6.45, 7) is 9.43. The van der Waals surface area contributed by atoms with Crippen molar-refractivity contribution in [3.63, 3.8) is 0 Å². The number of hydrogen-bond acceptors (Lipinski definition) is 4. The average molecular weight is 461 g/mol. The van der Waals surface area contributed by atoms with Crippen LogP contribution in [0.3, 0.4) is 0 Å². The van der Waals surface area contributed by atoms with Crippen molar-refractivity contribution in [1.29, 1.82) is 0 Å². The van der Waals surface area contributed by atoms with E-state index in [-0.39, 0.29) is 29.8 Å². The number of nitrogens with one attached hydrogen (secondary N) is 2. The van der Waals surface area contributed by atoms with E-state index in [0.29, 0.717) is 6.54 Å². The van der Waals surface area contributed by atoms with Gasteiger partial charge >= 0.3 is 0 Å². The molecule has 0 unspecified atom stereocenters. The lowest BCUT2D eigenvalue weighted by atomic mass is 9.80. The van der Waals surface area contributed by atoms with E-state index in [4.69, 9.17) is 9.84 Å². The van der Waals surface area contributed by atoms with Crippen LogP contribution < -0.4 is 15.4 Å². The fraction of sp³-hybridized carbons (Fsp3) is 0.429. The highest BCUT2D eigenvalue weighted by molar-refractivity contribution is 5.80. The molecule has 34 heavy (non-hydrogen) atoms. The molecule has 1 aromatic heterocycles. The summed E-state index contributed by atoms with van der Waals surface area (Å²) in [5, 5.41) is 11.4. The van der Waals surface area contributed by atoms with Crippen LogP contribution in [0, 0.1) is 5.41 Å². The number of rotatable bonds is 7. The molecule has 2 N–H and O–H groups in total. The number of nitrogens with zero attached hydrogens (tertiary/aromatic N) is 2. The monoisotopic (exact) mass is 460 g/mol. The van der Waals surface area contributed by atoms with Crippen LogP contribution in [0.15, 0.2) is 54.7 Å². The quantitative estimate of drug-likeness (QED) is 0.491. The van der Waals surface area contributed by atoms with Crippen LogP contribution in [-0.2, 0) is 24.2 Å². The summed E-state index contributed by atoms with van der Waals surface area (Å²) in [4.78, 5) is 12.8. The molecule has 0 aliphatic carbocycles. The molecule has 6 nitrogen and oxygen atoms in total. The molecule has 0 spiro atoms. The van der Waals surface area contributed by atoms with Gasteiger partial charge in [-0.3, -0.25) is 4.79 Å². The molecule has 3 aromatic rings. The zero-order valence-corrected chi connectivity index (χ0v) is 20.9. The number of carbonyl (C=O) groups excluding carboxylic acids is 1. The number of anilines is 1. The summed E-state index contributed by atoms with van der Waals surface area (Å²) in [5.41, 5.74) is 4.61. The number of benzene rings is 2. The lowest BCUT2D eigenvalue weighted by Crippen LogP contribution is -2.35. The van der Waals surface area contributed by atoms with Gasteiger partial charge in [0.1, 0.15) is 11.6 Å². The van der Waals surface area contributed by atoms with Crippen molar-refractivity contribution >= 4 is 11.7 Å². The van der Waals surface area contributed by atoms with E-state index in [2.05, 4.69) is 67.3 Å². The van der Waals surface area contributed by atoms with Crippen LogP contribution >= 0.6 is 0 Å². The average Bonchev–Trinajstić information content (AvgIpc) is 3.24. The number of methoxy groups -OCH3 is 1. The minimum absolute atomic E-state index is 0.0184. The Balaban J connectivity index is 1.50. The van der Waals surface area contributed by atoms with Crippen molar-refractivity contribution in [3.8, 4) is 5.75 Å². The standard InChI is InChI=1S/C28H36N4O2/c1-6-19-7-11-21(12-8-19)24-16-25(28(2,3)4)32-27(31-24)22(18-30-32)15-26(33)29-17-20-9-13-23(34-5)14-10-20/h7-14,18,24-25,31H,6,15-17H2,1-5H3,(H,29,33)/t24-,25+/m1/s1. The van der Waals surface area contributed by atoms with Gasteiger partial charge < -0.3 is 15.4 Å². The van der Waals surface area contributed by atoms with Crippen LogP contribution in [0.2, 0.25) is 0 Å². The second-order valence-corrected chi connectivity index (χ2v) is 10.2. The molecule has 0 radical (unpaired) electrons. The predicted octanol–water partition coefficient (Wildman–Crippen LogP) is 5.46. The number of hydrogen-bond donors (Lipinski definition) is 2. The van der Waals surface area contributed by atoms with Crippen molar-refractivity contribution in [1.82, 2.24) is 15.1 Å². The first-order valence-corrected chi connectivity index (χ1v) is 12.1. The van der Waals surface area contributed by atoms with E-state index in [1.165, 1.54) is 11.1 Å². The Morgan fingerprint density at radius 1 is 1.12 bits per heavy atom. The Morgan fingerprint density at radius 2 is 1.79 bits per heavy atom. The first-order chi connectivity index (χ1) is 16.3. The topological polar surface area (TPSA) is 68.2 Å². The second kappa shape index (κ2) is 9.92. The smallest absolute Gasteiger partial charge is 0.224 e. The van der Waals surface area contributed by atoms with Crippen molar-refractivity contribution in [2.45, 2.75) is 65.6 Å². The number of aryl methyl sites for hydroxylation is 1. The maximum Gasteiger partial charge on any atom is 0.224 e. The number of aromatic nitrogens is 2. The first-order valence-electron chi connectivity index (χ1n) is 12.1. The third-order valence-corrected chi connectivity index (χ3v) is 6.73. The molecule has 1 aliphatic rings. The molecule has 1 aliphatic heterocycles. The lowest BCUT2D eigenvalue weighted by molar-refractivity contribution is -0.120. The Morgan fingerprint density at radius 3 is 2.41 bits per heavy atom. The highest BCUT2D eigenvalue weighted by atomic mass is 16.5. The van der Waals surface area contributed by atoms with Crippen LogP contribution in [0.1, 0.15) is 68.5 Å². The normalized spacial score (nSPS) is 17.6. The van der Waals surface area contributed by atoms with E-state index in [0.717, 1.165) is 35.5 Å². The van der Waals surface area contributed by atoms with E-state index in [1.54, 1.807) is 7.11 Å². The van der Waals surface area contributed by atoms with E-state index < -0.39 is 0 Å². The Hall–Kier alpha value is -3.28. The van der Waals surface area contributed by atoms with Gasteiger partial charge in [0.25, 0.3) is 0 Å². The SMILES string of the molecule is CCc1ccc([C@H]2C[C@@H](C(C)(C)C)n3ncc(CC(=O)NCc4ccc(OC)cc4)c3N2)cc1. The Labute approximate surface area is 202 Å². The third-order valence-electron chi connectivity index (χ3n) is 6.73. The van der Waals surface area contributed by atoms with Gasteiger partial charge in [-0.25, -0.2) is 4.68 Å². The maximum absolute atomic E-state index is 12.8. The lowest BCUT2D eigenvalue weighted by Gasteiger charge is -2.40. The van der Waals surface area contributed by atoms with Gasteiger partial charge in [-0.05, 0) is 47.1 Å². The Bertz CT molecular complexity index is 1110. The summed E-state index contributed by atoms with van der Waals surface area (Å²) in [5.74, 6) is 1.74. The summed E-state index contributed by atoms with van der Waals surface area (Å²) in [6.07, 6.45) is 4.12. The van der Waals surface area contributed by atoms with Crippen molar-refractivity contribution in [3.05, 3.63) is 77.0 Å². The van der Waals surface area contributed by atoms with Crippen LogP contribution in [0.5, 0.6) is 5.75 Å². The minimum Gasteiger partial charge on any atom is -0.497 e. The zero-order valence-electron chi connectivity index (χ0n) is 20.9. The molecule has 1 amide bonds. The zero-order chi connectivity index (χ0) is 24.3. The second-order valence-electron chi connectivity index (χ2n) is 10.2. The molecule has 2 aromatic carbocycles. The molecular weight excluding hydrogens is 424 g/mol. The molecule has 2 atom stereocenters. The summed E-state index contributed by atoms with van der Waals surface area (Å²) < 4.78 is 7.29. The summed E-state index contributed by atoms with van der Waals surface area (Å²) in [7, 11) is 1.65. The molecule has 2 heterocycles. The molecule has 0 saturated carbocycles. The van der Waals surface area contributed by atoms with E-state index in [1.807, 2.05) is 30.5 Å². The van der Waals surface area contributed by atoms with E-state index in [9.17, 15) is 4.79 Å². The molecule has 0 saturated heterocycles. The molecule has 0 bridgehead atoms. The maximum atomic E-state index is 12.8. The van der Waals surface area contributed by atoms with E-state index >= 15 is 0 Å². The van der Waals surface area contributed by atoms with Crippen molar-refractivity contribution < 1.29 is 9.53 Å². The number of carbonyl (C=O) groups is 1. The largest absolute Gasteiger partial charge is 0.497 e. The van der Waals surface area contributed by atoms with Gasteiger partial charge in [-0.2, -0.15) is 5.10 Å². The highest BCUT2D eigenvalue weighted by Crippen LogP contribution is 2.44. The molecule has 4 rings (SSSR count). The van der Waals surface area contributed by atoms with Gasteiger partial charge in [-0.1, -0.05) is 64.1 Å². The molecular formula is C28H36N4O2. The Kier molecular flexibility index (Phi) is 6.96. The van der Waals surface area contributed by atoms with Gasteiger partial charge in [0.2, 0.25) is 5.91 Å². The molecule has 6 heteroatoms. The summed E-state index contributed by atoms with van der Waals surface area (Å²) in [6, 6.07) is 17.0. The summed E-state index contributed by atoms with van der Waals surface area (Å²) >= 11 is 0. The first kappa shape index (κ1) is 23.9. The van der Waals surface area contributed by atoms with Crippen molar-refractivity contribution in [2.75, 3.05) is 12.4 Å². The number of amides is 1. The fourth-order valence-electron chi connectivity index (χ4n) is 4.57. The van der Waals surface area contributed by atoms with Gasteiger partial charge in [0.15, 0.2) is 0 Å². The molecule has 180 valence electrons. The minimum atomic E-state index is -0.0184. The number of fused-ring (bicyclic) bond motifs is 1. The van der Waals surface area contributed by atoms with Crippen molar-refractivity contribution in [2.24, 2.45) is 5.41 Å². The van der Waals surface area contributed by atoms with Gasteiger partial charge in [0.05, 0.1) is 31.8 Å². The van der Waals surface area contributed by atoms with Gasteiger partial charge in [0, 0.05) is 12.1 Å². The third kappa shape index (κ3) is 5.27. The highest BCUT2D eigenvalue weighted by Gasteiger charge is 2.36. The predicted molar refractivity (Wildman–Crippen MR) is 136 cm³/mol. The molecule has 0 fully saturated rings. The van der Waals surface area contributed by atoms with Crippen LogP contribution in [-0.4, -0.2) is 22.8 Å². The van der Waals surface area contributed by atoms with Crippen LogP contribution in [0.4, 0.5) is 5.82 Å². The number of ether oxygens (including phenoxy) is 1.